The first-order chi connectivity index (χ1) is 15.1. The van der Waals surface area contributed by atoms with Crippen LogP contribution in [-0.4, -0.2) is 37.9 Å². The van der Waals surface area contributed by atoms with Crippen molar-refractivity contribution in [3.63, 3.8) is 0 Å². The standard InChI is InChI=1S/C23H20N2O4S2/c1-28-22(26)20-16(11-10-15-7-4-3-5-8-15)24-25(21(20)23(27)29-2)19-13-12-18(31-19)17-9-6-14-30-17/h3-14,20-21H,1-2H3/b11-10+/t20-,21-/m1/s1. The van der Waals surface area contributed by atoms with E-state index < -0.39 is 23.9 Å². The molecule has 2 atom stereocenters. The molecule has 31 heavy (non-hydrogen) atoms. The fourth-order valence-corrected chi connectivity index (χ4v) is 5.18. The molecule has 0 aliphatic carbocycles. The summed E-state index contributed by atoms with van der Waals surface area (Å²) < 4.78 is 10.0. The molecule has 0 fully saturated rings. The highest BCUT2D eigenvalue weighted by molar-refractivity contribution is 7.23. The molecule has 0 amide bonds. The number of rotatable bonds is 6. The third-order valence-electron chi connectivity index (χ3n) is 4.85. The van der Waals surface area contributed by atoms with Crippen molar-refractivity contribution in [2.75, 3.05) is 19.2 Å². The number of thiophene rings is 2. The Kier molecular flexibility index (Phi) is 6.29. The van der Waals surface area contributed by atoms with Crippen molar-refractivity contribution < 1.29 is 19.1 Å². The number of methoxy groups -OCH3 is 2. The van der Waals surface area contributed by atoms with Gasteiger partial charge in [-0.15, -0.1) is 22.7 Å². The molecule has 6 nitrogen and oxygen atoms in total. The summed E-state index contributed by atoms with van der Waals surface area (Å²) in [6, 6.07) is 16.6. The van der Waals surface area contributed by atoms with Crippen LogP contribution in [0.15, 0.2) is 71.2 Å². The van der Waals surface area contributed by atoms with Gasteiger partial charge in [-0.25, -0.2) is 9.80 Å². The van der Waals surface area contributed by atoms with Gasteiger partial charge in [-0.3, -0.25) is 4.79 Å². The second-order valence-corrected chi connectivity index (χ2v) is 8.71. The van der Waals surface area contributed by atoms with Gasteiger partial charge < -0.3 is 9.47 Å². The molecule has 0 radical (unpaired) electrons. The Morgan fingerprint density at radius 3 is 2.39 bits per heavy atom. The van der Waals surface area contributed by atoms with Crippen LogP contribution in [-0.2, 0) is 19.1 Å². The number of esters is 2. The van der Waals surface area contributed by atoms with Crippen LogP contribution in [0.5, 0.6) is 0 Å². The van der Waals surface area contributed by atoms with Crippen LogP contribution in [0.2, 0.25) is 0 Å². The highest BCUT2D eigenvalue weighted by atomic mass is 32.1. The molecule has 0 N–H and O–H groups in total. The lowest BCUT2D eigenvalue weighted by Gasteiger charge is -2.23. The number of anilines is 1. The summed E-state index contributed by atoms with van der Waals surface area (Å²) in [7, 11) is 2.61. The van der Waals surface area contributed by atoms with Gasteiger partial charge in [-0.05, 0) is 35.2 Å². The third kappa shape index (κ3) is 4.30. The van der Waals surface area contributed by atoms with Crippen LogP contribution in [0.4, 0.5) is 5.00 Å². The Labute approximate surface area is 188 Å². The minimum Gasteiger partial charge on any atom is -0.468 e. The highest BCUT2D eigenvalue weighted by Crippen LogP contribution is 2.40. The zero-order valence-corrected chi connectivity index (χ0v) is 18.6. The van der Waals surface area contributed by atoms with E-state index in [2.05, 4.69) is 5.10 Å². The van der Waals surface area contributed by atoms with E-state index in [1.165, 1.54) is 25.6 Å². The minimum atomic E-state index is -0.942. The zero-order chi connectivity index (χ0) is 21.8. The molecule has 1 aliphatic heterocycles. The number of allylic oxidation sites excluding steroid dienone is 1. The first-order valence-corrected chi connectivity index (χ1v) is 11.2. The molecule has 8 heteroatoms. The van der Waals surface area contributed by atoms with E-state index in [9.17, 15) is 9.59 Å². The fraction of sp³-hybridized carbons (Fsp3) is 0.174. The van der Waals surface area contributed by atoms with Gasteiger partial charge in [0.05, 0.1) is 19.9 Å². The lowest BCUT2D eigenvalue weighted by Crippen LogP contribution is -2.44. The van der Waals surface area contributed by atoms with Crippen LogP contribution >= 0.6 is 22.7 Å². The third-order valence-corrected chi connectivity index (χ3v) is 6.99. The van der Waals surface area contributed by atoms with Crippen molar-refractivity contribution >= 4 is 51.4 Å². The molecule has 158 valence electrons. The largest absolute Gasteiger partial charge is 0.468 e. The summed E-state index contributed by atoms with van der Waals surface area (Å²) in [5.74, 6) is -1.98. The Bertz CT molecular complexity index is 1120. The van der Waals surface area contributed by atoms with E-state index in [-0.39, 0.29) is 0 Å². The summed E-state index contributed by atoms with van der Waals surface area (Å²) in [4.78, 5) is 27.6. The van der Waals surface area contributed by atoms with E-state index >= 15 is 0 Å². The van der Waals surface area contributed by atoms with Crippen molar-refractivity contribution in [2.24, 2.45) is 11.0 Å². The van der Waals surface area contributed by atoms with Crippen molar-refractivity contribution in [2.45, 2.75) is 6.04 Å². The molecular weight excluding hydrogens is 432 g/mol. The quantitative estimate of drug-likeness (QED) is 0.507. The molecule has 0 unspecified atom stereocenters. The maximum atomic E-state index is 12.7. The van der Waals surface area contributed by atoms with E-state index in [4.69, 9.17) is 9.47 Å². The van der Waals surface area contributed by atoms with Crippen molar-refractivity contribution in [1.29, 1.82) is 0 Å². The number of hydrazone groups is 1. The molecule has 3 heterocycles. The number of carbonyl (C=O) groups is 2. The summed E-state index contributed by atoms with van der Waals surface area (Å²) >= 11 is 3.14. The molecule has 4 rings (SSSR count). The van der Waals surface area contributed by atoms with Crippen molar-refractivity contribution in [3.05, 3.63) is 71.6 Å². The lowest BCUT2D eigenvalue weighted by atomic mass is 9.94. The molecule has 0 spiro atoms. The molecule has 3 aromatic rings. The summed E-state index contributed by atoms with van der Waals surface area (Å²) in [5, 5.41) is 8.97. The van der Waals surface area contributed by atoms with Crippen LogP contribution < -0.4 is 5.01 Å². The first kappa shape index (κ1) is 21.0. The van der Waals surface area contributed by atoms with Crippen molar-refractivity contribution in [3.8, 4) is 9.75 Å². The Morgan fingerprint density at radius 1 is 0.935 bits per heavy atom. The van der Waals surface area contributed by atoms with Crippen LogP contribution in [0.25, 0.3) is 15.8 Å². The summed E-state index contributed by atoms with van der Waals surface area (Å²) in [5.41, 5.74) is 1.40. The number of ether oxygens (including phenoxy) is 2. The molecule has 1 aliphatic rings. The molecular formula is C23H20N2O4S2. The van der Waals surface area contributed by atoms with Crippen LogP contribution in [0.1, 0.15) is 5.56 Å². The molecule has 0 bridgehead atoms. The summed E-state index contributed by atoms with van der Waals surface area (Å²) in [6.45, 7) is 0. The number of carbonyl (C=O) groups excluding carboxylic acids is 2. The number of hydrogen-bond donors (Lipinski definition) is 0. The highest BCUT2D eigenvalue weighted by Gasteiger charge is 2.48. The maximum absolute atomic E-state index is 12.7. The van der Waals surface area contributed by atoms with Crippen molar-refractivity contribution in [1.82, 2.24) is 0 Å². The minimum absolute atomic E-state index is 0.442. The Hall–Kier alpha value is -3.23. The second-order valence-electron chi connectivity index (χ2n) is 6.70. The number of nitrogens with zero attached hydrogens (tertiary/aromatic N) is 2. The van der Waals surface area contributed by atoms with Crippen LogP contribution in [0, 0.1) is 5.92 Å². The first-order valence-electron chi connectivity index (χ1n) is 9.52. The van der Waals surface area contributed by atoms with Gasteiger partial charge in [0.25, 0.3) is 0 Å². The van der Waals surface area contributed by atoms with E-state index in [1.807, 2.05) is 66.1 Å². The smallest absolute Gasteiger partial charge is 0.332 e. The van der Waals surface area contributed by atoms with Gasteiger partial charge in [-0.2, -0.15) is 5.10 Å². The molecule has 2 aromatic heterocycles. The van der Waals surface area contributed by atoms with Gasteiger partial charge in [0.2, 0.25) is 0 Å². The summed E-state index contributed by atoms with van der Waals surface area (Å²) in [6.07, 6.45) is 3.61. The van der Waals surface area contributed by atoms with E-state index in [1.54, 1.807) is 22.4 Å². The monoisotopic (exact) mass is 452 g/mol. The van der Waals surface area contributed by atoms with E-state index in [0.29, 0.717) is 5.71 Å². The van der Waals surface area contributed by atoms with Gasteiger partial charge >= 0.3 is 11.9 Å². The molecule has 0 saturated heterocycles. The maximum Gasteiger partial charge on any atom is 0.332 e. The average molecular weight is 453 g/mol. The Morgan fingerprint density at radius 2 is 1.71 bits per heavy atom. The van der Waals surface area contributed by atoms with Gasteiger partial charge in [-0.1, -0.05) is 42.5 Å². The number of benzene rings is 1. The van der Waals surface area contributed by atoms with Crippen LogP contribution in [0.3, 0.4) is 0 Å². The molecule has 1 aromatic carbocycles. The van der Waals surface area contributed by atoms with Gasteiger partial charge in [0.1, 0.15) is 10.9 Å². The zero-order valence-electron chi connectivity index (χ0n) is 16.9. The van der Waals surface area contributed by atoms with Gasteiger partial charge in [0.15, 0.2) is 6.04 Å². The fourth-order valence-electron chi connectivity index (χ4n) is 3.36. The predicted molar refractivity (Wildman–Crippen MR) is 124 cm³/mol. The normalized spacial score (nSPS) is 18.3. The topological polar surface area (TPSA) is 68.2 Å². The van der Waals surface area contributed by atoms with Gasteiger partial charge in [0, 0.05) is 9.75 Å². The predicted octanol–water partition coefficient (Wildman–Crippen LogP) is 4.70. The second kappa shape index (κ2) is 9.28. The molecule has 0 saturated carbocycles. The SMILES string of the molecule is COC(=O)[C@@H]1C(/C=C/c2ccccc2)=NN(c2ccc(-c3cccs3)s2)[C@H]1C(=O)OC. The van der Waals surface area contributed by atoms with E-state index in [0.717, 1.165) is 20.3 Å². The lowest BCUT2D eigenvalue weighted by molar-refractivity contribution is -0.150. The Balaban J connectivity index is 1.74. The number of hydrogen-bond acceptors (Lipinski definition) is 8. The average Bonchev–Trinajstić information content (AvgIpc) is 3.56.